The molecule has 1 N–H and O–H groups in total. The summed E-state index contributed by atoms with van der Waals surface area (Å²) in [4.78, 5) is 18.0. The van der Waals surface area contributed by atoms with Crippen LogP contribution in [0.4, 0.5) is 0 Å². The largest absolute Gasteiger partial charge is 0.478 e. The third kappa shape index (κ3) is 3.95. The molecule has 25 heavy (non-hydrogen) atoms. The second kappa shape index (κ2) is 7.32. The van der Waals surface area contributed by atoms with E-state index in [-0.39, 0.29) is 5.56 Å². The highest BCUT2D eigenvalue weighted by Gasteiger charge is 2.15. The molecule has 128 valence electrons. The number of carbonyl (C=O) groups is 1. The van der Waals surface area contributed by atoms with Gasteiger partial charge in [-0.1, -0.05) is 42.5 Å². The summed E-state index contributed by atoms with van der Waals surface area (Å²) in [6, 6.07) is 15.4. The maximum atomic E-state index is 11.5. The van der Waals surface area contributed by atoms with Crippen molar-refractivity contribution < 1.29 is 9.90 Å². The van der Waals surface area contributed by atoms with Gasteiger partial charge in [-0.3, -0.25) is 0 Å². The molecular formula is C20H21N3O2. The van der Waals surface area contributed by atoms with Crippen LogP contribution in [0.25, 0.3) is 11.4 Å². The molecule has 1 heterocycles. The Bertz CT molecular complexity index is 867. The molecular weight excluding hydrogens is 314 g/mol. The van der Waals surface area contributed by atoms with Crippen LogP contribution in [0.2, 0.25) is 0 Å². The molecule has 5 nitrogen and oxygen atoms in total. The van der Waals surface area contributed by atoms with Gasteiger partial charge in [-0.15, -0.1) is 0 Å². The molecule has 0 aliphatic heterocycles. The van der Waals surface area contributed by atoms with Crippen molar-refractivity contribution in [3.63, 3.8) is 0 Å². The first-order chi connectivity index (χ1) is 12.0. The molecule has 5 heteroatoms. The molecule has 0 saturated carbocycles. The Kier molecular flexibility index (Phi) is 4.95. The number of nitrogens with zero attached hydrogens (tertiary/aromatic N) is 3. The Hall–Kier alpha value is -2.92. The number of rotatable bonds is 6. The zero-order chi connectivity index (χ0) is 17.8. The van der Waals surface area contributed by atoms with Gasteiger partial charge in [0.1, 0.15) is 5.82 Å². The maximum Gasteiger partial charge on any atom is 0.336 e. The monoisotopic (exact) mass is 335 g/mol. The van der Waals surface area contributed by atoms with Gasteiger partial charge in [0.2, 0.25) is 0 Å². The minimum Gasteiger partial charge on any atom is -0.478 e. The zero-order valence-corrected chi connectivity index (χ0v) is 14.4. The first kappa shape index (κ1) is 16.9. The van der Waals surface area contributed by atoms with E-state index in [1.54, 1.807) is 24.4 Å². The molecule has 0 aliphatic rings. The Labute approximate surface area is 147 Å². The minimum absolute atomic E-state index is 0.260. The topological polar surface area (TPSA) is 58.4 Å². The normalized spacial score (nSPS) is 11.0. The Balaban J connectivity index is 1.87. The Morgan fingerprint density at radius 3 is 2.44 bits per heavy atom. The highest BCUT2D eigenvalue weighted by molar-refractivity contribution is 5.95. The van der Waals surface area contributed by atoms with Crippen LogP contribution in [0.3, 0.4) is 0 Å². The number of aromatic nitrogens is 2. The molecule has 0 bridgehead atoms. The lowest BCUT2D eigenvalue weighted by Crippen LogP contribution is -2.10. The van der Waals surface area contributed by atoms with Gasteiger partial charge in [-0.2, -0.15) is 0 Å². The summed E-state index contributed by atoms with van der Waals surface area (Å²) < 4.78 is 1.97. The fourth-order valence-corrected chi connectivity index (χ4v) is 2.86. The first-order valence-electron chi connectivity index (χ1n) is 8.11. The number of carboxylic acids is 1. The average Bonchev–Trinajstić information content (AvgIpc) is 3.04. The third-order valence-corrected chi connectivity index (χ3v) is 3.99. The predicted molar refractivity (Wildman–Crippen MR) is 97.6 cm³/mol. The highest BCUT2D eigenvalue weighted by Crippen LogP contribution is 2.23. The molecule has 3 aromatic rings. The Morgan fingerprint density at radius 2 is 1.76 bits per heavy atom. The summed E-state index contributed by atoms with van der Waals surface area (Å²) in [6.45, 7) is 1.55. The van der Waals surface area contributed by atoms with Crippen LogP contribution in [0, 0.1) is 0 Å². The van der Waals surface area contributed by atoms with E-state index in [0.717, 1.165) is 12.1 Å². The molecule has 0 spiro atoms. The van der Waals surface area contributed by atoms with Crippen LogP contribution >= 0.6 is 0 Å². The fraction of sp³-hybridized carbons (Fsp3) is 0.200. The smallest absolute Gasteiger partial charge is 0.336 e. The number of hydrogen-bond donors (Lipinski definition) is 1. The third-order valence-electron chi connectivity index (χ3n) is 3.99. The van der Waals surface area contributed by atoms with Crippen LogP contribution in [0.15, 0.2) is 60.9 Å². The lowest BCUT2D eigenvalue weighted by Gasteiger charge is -2.12. The summed E-state index contributed by atoms with van der Waals surface area (Å²) in [5.41, 5.74) is 3.30. The van der Waals surface area contributed by atoms with Crippen LogP contribution in [0.1, 0.15) is 21.5 Å². The zero-order valence-electron chi connectivity index (χ0n) is 14.4. The summed E-state index contributed by atoms with van der Waals surface area (Å²) in [7, 11) is 4.09. The van der Waals surface area contributed by atoms with Crippen molar-refractivity contribution >= 4 is 5.97 Å². The molecule has 0 atom stereocenters. The van der Waals surface area contributed by atoms with E-state index in [1.807, 2.05) is 30.9 Å². The van der Waals surface area contributed by atoms with Gasteiger partial charge in [0, 0.05) is 31.0 Å². The number of carboxylic acid groups (broad SMARTS) is 1. The van der Waals surface area contributed by atoms with Gasteiger partial charge in [0.25, 0.3) is 0 Å². The number of benzene rings is 2. The van der Waals surface area contributed by atoms with Crippen molar-refractivity contribution in [3.8, 4) is 11.4 Å². The van der Waals surface area contributed by atoms with E-state index >= 15 is 0 Å². The molecule has 0 aliphatic carbocycles. The maximum absolute atomic E-state index is 11.5. The molecule has 0 amide bonds. The van der Waals surface area contributed by atoms with E-state index in [1.165, 1.54) is 5.56 Å². The van der Waals surface area contributed by atoms with Crippen molar-refractivity contribution in [1.82, 2.24) is 14.5 Å². The number of aromatic carboxylic acids is 1. The van der Waals surface area contributed by atoms with Crippen LogP contribution < -0.4 is 0 Å². The Morgan fingerprint density at radius 1 is 1.08 bits per heavy atom. The van der Waals surface area contributed by atoms with Crippen LogP contribution in [0.5, 0.6) is 0 Å². The van der Waals surface area contributed by atoms with Crippen LogP contribution in [-0.2, 0) is 13.1 Å². The average molecular weight is 335 g/mol. The standard InChI is InChI=1S/C20H21N3O2/c1-22(2)13-15-7-9-16(10-8-15)14-23-12-11-21-19(23)17-5-3-4-6-18(17)20(24)25/h3-12H,13-14H2,1-2H3,(H,24,25). The van der Waals surface area contributed by atoms with Crippen molar-refractivity contribution in [1.29, 1.82) is 0 Å². The van der Waals surface area contributed by atoms with E-state index in [9.17, 15) is 9.90 Å². The summed E-state index contributed by atoms with van der Waals surface area (Å²) in [5.74, 6) is -0.284. The van der Waals surface area contributed by atoms with E-state index < -0.39 is 5.97 Å². The van der Waals surface area contributed by atoms with E-state index in [2.05, 4.69) is 34.1 Å². The lowest BCUT2D eigenvalue weighted by molar-refractivity contribution is 0.0697. The van der Waals surface area contributed by atoms with Gasteiger partial charge in [-0.05, 0) is 31.3 Å². The lowest BCUT2D eigenvalue weighted by atomic mass is 10.1. The number of hydrogen-bond acceptors (Lipinski definition) is 3. The molecule has 0 unspecified atom stereocenters. The van der Waals surface area contributed by atoms with Crippen molar-refractivity contribution in [2.45, 2.75) is 13.1 Å². The minimum atomic E-state index is -0.946. The molecule has 2 aromatic carbocycles. The summed E-state index contributed by atoms with van der Waals surface area (Å²) >= 11 is 0. The van der Waals surface area contributed by atoms with Gasteiger partial charge < -0.3 is 14.6 Å². The molecule has 3 rings (SSSR count). The van der Waals surface area contributed by atoms with Gasteiger partial charge in [-0.25, -0.2) is 9.78 Å². The van der Waals surface area contributed by atoms with Crippen molar-refractivity contribution in [2.75, 3.05) is 14.1 Å². The van der Waals surface area contributed by atoms with Gasteiger partial charge in [0.05, 0.1) is 5.56 Å². The molecule has 0 saturated heterocycles. The predicted octanol–water partition coefficient (Wildman–Crippen LogP) is 3.36. The molecule has 0 fully saturated rings. The summed E-state index contributed by atoms with van der Waals surface area (Å²) in [5, 5.41) is 9.41. The van der Waals surface area contributed by atoms with Gasteiger partial charge in [0.15, 0.2) is 0 Å². The first-order valence-corrected chi connectivity index (χ1v) is 8.11. The second-order valence-electron chi connectivity index (χ2n) is 6.28. The van der Waals surface area contributed by atoms with E-state index in [0.29, 0.717) is 17.9 Å². The quantitative estimate of drug-likeness (QED) is 0.750. The molecule has 0 radical (unpaired) electrons. The number of imidazole rings is 1. The van der Waals surface area contributed by atoms with Crippen molar-refractivity contribution in [2.24, 2.45) is 0 Å². The second-order valence-corrected chi connectivity index (χ2v) is 6.28. The fourth-order valence-electron chi connectivity index (χ4n) is 2.86. The SMILES string of the molecule is CN(C)Cc1ccc(Cn2ccnc2-c2ccccc2C(=O)O)cc1. The van der Waals surface area contributed by atoms with Crippen molar-refractivity contribution in [3.05, 3.63) is 77.6 Å². The molecule has 1 aromatic heterocycles. The summed E-state index contributed by atoms with van der Waals surface area (Å²) in [6.07, 6.45) is 3.58. The van der Waals surface area contributed by atoms with Crippen LogP contribution in [-0.4, -0.2) is 39.6 Å². The van der Waals surface area contributed by atoms with E-state index in [4.69, 9.17) is 0 Å². The highest BCUT2D eigenvalue weighted by atomic mass is 16.4. The van der Waals surface area contributed by atoms with Gasteiger partial charge >= 0.3 is 5.97 Å².